The molecular formula is C18H41CaO2PS2. The molecule has 2 nitrogen and oxygen atoms in total. The Balaban J connectivity index is -0.000000807. The van der Waals surface area contributed by atoms with Gasteiger partial charge in [0.2, 0.25) is 5.69 Å². The third-order valence-corrected chi connectivity index (χ3v) is 6.35. The van der Waals surface area contributed by atoms with E-state index < -0.39 is 5.69 Å². The number of hydrogen-bond donors (Lipinski definition) is 1. The Hall–Kier alpha value is 2.18. The molecule has 24 heavy (non-hydrogen) atoms. The third-order valence-electron chi connectivity index (χ3n) is 4.00. The van der Waals surface area contributed by atoms with Gasteiger partial charge in [0.05, 0.1) is 13.2 Å². The van der Waals surface area contributed by atoms with Crippen molar-refractivity contribution in [2.24, 2.45) is 0 Å². The van der Waals surface area contributed by atoms with Crippen LogP contribution in [0.4, 0.5) is 0 Å². The molecule has 0 saturated carbocycles. The van der Waals surface area contributed by atoms with Crippen LogP contribution in [0.5, 0.6) is 0 Å². The van der Waals surface area contributed by atoms with E-state index in [0.717, 1.165) is 12.8 Å². The summed E-state index contributed by atoms with van der Waals surface area (Å²) in [6.07, 6.45) is 18.0. The summed E-state index contributed by atoms with van der Waals surface area (Å²) in [6.45, 7) is 5.90. The van der Waals surface area contributed by atoms with Crippen molar-refractivity contribution in [3.8, 4) is 0 Å². The van der Waals surface area contributed by atoms with Crippen LogP contribution in [0.15, 0.2) is 0 Å². The Morgan fingerprint density at radius 2 is 0.958 bits per heavy atom. The standard InChI is InChI=1S/C18H39O2PS2.Ca.2H/c1-3-5-7-9-11-13-15-17-19-21(22,23)20-18-16-14-12-10-8-6-4-2;;;/h3-18H2,1-2H3,(H,22,23);;;/q;+2;2*-1. The summed E-state index contributed by atoms with van der Waals surface area (Å²) in [7, 11) is 0. The van der Waals surface area contributed by atoms with E-state index in [2.05, 4.69) is 26.1 Å². The monoisotopic (exact) mass is 424 g/mol. The molecule has 6 heteroatoms. The fourth-order valence-electron chi connectivity index (χ4n) is 2.52. The van der Waals surface area contributed by atoms with Gasteiger partial charge in [0.25, 0.3) is 0 Å². The van der Waals surface area contributed by atoms with E-state index in [-0.39, 0.29) is 40.6 Å². The largest absolute Gasteiger partial charge is 2.00 e. The van der Waals surface area contributed by atoms with E-state index in [0.29, 0.717) is 13.2 Å². The summed E-state index contributed by atoms with van der Waals surface area (Å²) >= 11 is 9.76. The molecule has 0 aliphatic carbocycles. The van der Waals surface area contributed by atoms with Gasteiger partial charge in [0.1, 0.15) is 0 Å². The molecule has 0 bridgehead atoms. The third kappa shape index (κ3) is 22.2. The van der Waals surface area contributed by atoms with Crippen molar-refractivity contribution >= 4 is 67.5 Å². The summed E-state index contributed by atoms with van der Waals surface area (Å²) in [6, 6.07) is 0. The summed E-state index contributed by atoms with van der Waals surface area (Å²) in [4.78, 5) is 0. The SMILES string of the molecule is CCCCCCCCCOP(=S)(S)OCCCCCCCCC.[Ca+2].[H-].[H-]. The number of hydrogen-bond acceptors (Lipinski definition) is 3. The van der Waals surface area contributed by atoms with Gasteiger partial charge in [-0.3, -0.25) is 0 Å². The summed E-state index contributed by atoms with van der Waals surface area (Å²) in [5, 5.41) is 0. The second kappa shape index (κ2) is 21.5. The van der Waals surface area contributed by atoms with Crippen molar-refractivity contribution in [3.05, 3.63) is 0 Å². The Morgan fingerprint density at radius 1 is 0.667 bits per heavy atom. The molecule has 0 aromatic carbocycles. The molecule has 0 aliphatic heterocycles. The van der Waals surface area contributed by atoms with Crippen LogP contribution in [0.1, 0.15) is 107 Å². The zero-order valence-corrected chi connectivity index (χ0v) is 21.0. The van der Waals surface area contributed by atoms with E-state index in [1.165, 1.54) is 77.0 Å². The second-order valence-electron chi connectivity index (χ2n) is 6.38. The molecule has 0 amide bonds. The number of unbranched alkanes of at least 4 members (excludes halogenated alkanes) is 12. The van der Waals surface area contributed by atoms with Crippen LogP contribution in [0.2, 0.25) is 0 Å². The molecule has 0 aromatic rings. The van der Waals surface area contributed by atoms with Gasteiger partial charge in [-0.05, 0) is 24.6 Å². The predicted molar refractivity (Wildman–Crippen MR) is 119 cm³/mol. The minimum Gasteiger partial charge on any atom is -1.00 e. The van der Waals surface area contributed by atoms with Gasteiger partial charge in [-0.1, -0.05) is 103 Å². The van der Waals surface area contributed by atoms with Crippen LogP contribution in [0, 0.1) is 0 Å². The minimum atomic E-state index is -2.30. The van der Waals surface area contributed by atoms with Crippen LogP contribution in [0.25, 0.3) is 0 Å². The van der Waals surface area contributed by atoms with Gasteiger partial charge in [0.15, 0.2) is 0 Å². The maximum Gasteiger partial charge on any atom is 2.00 e. The summed E-state index contributed by atoms with van der Waals surface area (Å²) in [5.41, 5.74) is -2.30. The average molecular weight is 425 g/mol. The molecule has 0 heterocycles. The Morgan fingerprint density at radius 3 is 1.29 bits per heavy atom. The first-order valence-electron chi connectivity index (χ1n) is 9.74. The first-order chi connectivity index (χ1) is 11.1. The molecule has 0 aliphatic rings. The van der Waals surface area contributed by atoms with E-state index in [9.17, 15) is 0 Å². The number of thiol groups is 1. The molecule has 144 valence electrons. The summed E-state index contributed by atoms with van der Waals surface area (Å²) < 4.78 is 11.4. The van der Waals surface area contributed by atoms with E-state index in [1.807, 2.05) is 0 Å². The Kier molecular flexibility index (Phi) is 25.4. The fraction of sp³-hybridized carbons (Fsp3) is 1.00. The van der Waals surface area contributed by atoms with Crippen molar-refractivity contribution in [2.45, 2.75) is 104 Å². The molecule has 0 unspecified atom stereocenters. The van der Waals surface area contributed by atoms with Gasteiger partial charge in [-0.15, -0.1) is 0 Å². The molecule has 0 fully saturated rings. The molecule has 0 N–H and O–H groups in total. The molecule has 0 radical (unpaired) electrons. The first-order valence-corrected chi connectivity index (χ1v) is 13.5. The van der Waals surface area contributed by atoms with Crippen LogP contribution < -0.4 is 0 Å². The van der Waals surface area contributed by atoms with Gasteiger partial charge in [-0.2, -0.15) is 0 Å². The van der Waals surface area contributed by atoms with Crippen molar-refractivity contribution in [3.63, 3.8) is 0 Å². The van der Waals surface area contributed by atoms with Crippen molar-refractivity contribution < 1.29 is 11.9 Å². The zero-order chi connectivity index (χ0) is 17.2. The molecular weight excluding hydrogens is 383 g/mol. The van der Waals surface area contributed by atoms with E-state index >= 15 is 0 Å². The number of rotatable bonds is 18. The van der Waals surface area contributed by atoms with E-state index in [4.69, 9.17) is 20.9 Å². The quantitative estimate of drug-likeness (QED) is 0.106. The molecule has 0 aromatic heterocycles. The smallest absolute Gasteiger partial charge is 1.00 e. The first kappa shape index (κ1) is 28.4. The van der Waals surface area contributed by atoms with Gasteiger partial charge >= 0.3 is 37.7 Å². The Bertz CT molecular complexity index is 280. The summed E-state index contributed by atoms with van der Waals surface area (Å²) in [5.74, 6) is 0. The maximum absolute atomic E-state index is 5.68. The maximum atomic E-state index is 5.68. The van der Waals surface area contributed by atoms with Gasteiger partial charge in [0, 0.05) is 0 Å². The van der Waals surface area contributed by atoms with Gasteiger partial charge < -0.3 is 11.9 Å². The van der Waals surface area contributed by atoms with Crippen molar-refractivity contribution in [1.82, 2.24) is 0 Å². The van der Waals surface area contributed by atoms with Crippen LogP contribution in [-0.4, -0.2) is 51.0 Å². The molecule has 0 spiro atoms. The Labute approximate surface area is 194 Å². The zero-order valence-electron chi connectivity index (χ0n) is 18.1. The fourth-order valence-corrected chi connectivity index (χ4v) is 4.25. The second-order valence-corrected chi connectivity index (χ2v) is 11.7. The molecule has 0 atom stereocenters. The minimum absolute atomic E-state index is 0. The molecule has 0 rings (SSSR count). The van der Waals surface area contributed by atoms with Crippen molar-refractivity contribution in [2.75, 3.05) is 13.2 Å². The topological polar surface area (TPSA) is 18.5 Å². The molecule has 0 saturated heterocycles. The van der Waals surface area contributed by atoms with Gasteiger partial charge in [-0.25, -0.2) is 0 Å². The van der Waals surface area contributed by atoms with Crippen LogP contribution in [-0.2, 0) is 20.9 Å². The predicted octanol–water partition coefficient (Wildman–Crippen LogP) is 7.52. The average Bonchev–Trinajstić information content (AvgIpc) is 2.52. The van der Waals surface area contributed by atoms with Crippen LogP contribution in [0.3, 0.4) is 0 Å². The van der Waals surface area contributed by atoms with E-state index in [1.54, 1.807) is 0 Å². The van der Waals surface area contributed by atoms with Crippen LogP contribution >= 0.6 is 17.9 Å². The normalized spacial score (nSPS) is 11.5. The van der Waals surface area contributed by atoms with Crippen molar-refractivity contribution in [1.29, 1.82) is 0 Å².